The van der Waals surface area contributed by atoms with Gasteiger partial charge in [-0.15, -0.1) is 0 Å². The van der Waals surface area contributed by atoms with E-state index in [2.05, 4.69) is 118 Å². The summed E-state index contributed by atoms with van der Waals surface area (Å²) in [6.45, 7) is -0.118. The first-order chi connectivity index (χ1) is 24.3. The Hall–Kier alpha value is -6.71. The van der Waals surface area contributed by atoms with Crippen LogP contribution in [0.3, 0.4) is 0 Å². The highest BCUT2D eigenvalue weighted by Crippen LogP contribution is 2.44. The van der Waals surface area contributed by atoms with Gasteiger partial charge in [-0.1, -0.05) is 103 Å². The van der Waals surface area contributed by atoms with E-state index >= 15 is 0 Å². The molecule has 0 spiro atoms. The van der Waals surface area contributed by atoms with Crippen molar-refractivity contribution in [1.82, 2.24) is 9.13 Å². The summed E-state index contributed by atoms with van der Waals surface area (Å²) >= 11 is 0. The van der Waals surface area contributed by atoms with Gasteiger partial charge in [0.25, 0.3) is 6.71 Å². The van der Waals surface area contributed by atoms with Crippen molar-refractivity contribution in [1.29, 1.82) is 5.26 Å². The largest absolute Gasteiger partial charge is 0.458 e. The molecular formula is C43H24BN3O2. The van der Waals surface area contributed by atoms with Crippen molar-refractivity contribution in [2.75, 3.05) is 0 Å². The summed E-state index contributed by atoms with van der Waals surface area (Å²) in [5.74, 6) is 2.81. The normalized spacial score (nSPS) is 12.8. The fraction of sp³-hybridized carbons (Fsp3) is 0. The lowest BCUT2D eigenvalue weighted by molar-refractivity contribution is 0.463. The molecule has 2 aliphatic heterocycles. The molecule has 0 saturated carbocycles. The van der Waals surface area contributed by atoms with Crippen LogP contribution >= 0.6 is 0 Å². The number of fused-ring (bicyclic) bond motifs is 10. The number of aromatic nitrogens is 2. The van der Waals surface area contributed by atoms with E-state index in [9.17, 15) is 5.26 Å². The Balaban J connectivity index is 1.29. The number of ether oxygens (including phenoxy) is 2. The number of benzene rings is 7. The number of rotatable bonds is 2. The van der Waals surface area contributed by atoms with E-state index in [0.29, 0.717) is 22.7 Å². The fourth-order valence-electron chi connectivity index (χ4n) is 8.33. The minimum absolute atomic E-state index is 0.118. The molecule has 5 nitrogen and oxygen atoms in total. The van der Waals surface area contributed by atoms with Gasteiger partial charge in [-0.3, -0.25) is 0 Å². The lowest BCUT2D eigenvalue weighted by atomic mass is 9.34. The molecule has 2 aromatic heterocycles. The molecular weight excluding hydrogens is 601 g/mol. The van der Waals surface area contributed by atoms with Crippen LogP contribution in [0, 0.1) is 11.3 Å². The molecule has 2 aliphatic rings. The van der Waals surface area contributed by atoms with Crippen LogP contribution < -0.4 is 25.9 Å². The van der Waals surface area contributed by atoms with Gasteiger partial charge in [0, 0.05) is 33.1 Å². The zero-order valence-corrected chi connectivity index (χ0v) is 26.1. The average Bonchev–Trinajstić information content (AvgIpc) is 3.68. The monoisotopic (exact) mass is 625 g/mol. The molecule has 4 heterocycles. The zero-order valence-electron chi connectivity index (χ0n) is 26.1. The van der Waals surface area contributed by atoms with Crippen LogP contribution in [-0.4, -0.2) is 15.8 Å². The first-order valence-corrected chi connectivity index (χ1v) is 16.5. The summed E-state index contributed by atoms with van der Waals surface area (Å²) in [5.41, 5.74) is 9.48. The molecule has 0 fully saturated rings. The van der Waals surface area contributed by atoms with Crippen molar-refractivity contribution in [2.45, 2.75) is 0 Å². The third-order valence-electron chi connectivity index (χ3n) is 10.3. The minimum Gasteiger partial charge on any atom is -0.458 e. The number of nitriles is 1. The predicted octanol–water partition coefficient (Wildman–Crippen LogP) is 8.48. The highest BCUT2D eigenvalue weighted by atomic mass is 16.5. The quantitative estimate of drug-likeness (QED) is 0.181. The summed E-state index contributed by atoms with van der Waals surface area (Å²) in [6, 6.07) is 53.0. The minimum atomic E-state index is -0.118. The van der Waals surface area contributed by atoms with Crippen LogP contribution in [0.5, 0.6) is 23.0 Å². The lowest BCUT2D eigenvalue weighted by Gasteiger charge is -2.34. The number of hydrogen-bond acceptors (Lipinski definition) is 3. The van der Waals surface area contributed by atoms with Gasteiger partial charge < -0.3 is 18.6 Å². The molecule has 0 aliphatic carbocycles. The fourth-order valence-corrected chi connectivity index (χ4v) is 8.33. The Morgan fingerprint density at radius 1 is 0.490 bits per heavy atom. The average molecular weight is 625 g/mol. The summed E-state index contributed by atoms with van der Waals surface area (Å²) in [6.07, 6.45) is 0. The first kappa shape index (κ1) is 26.4. The Bertz CT molecular complexity index is 2870. The van der Waals surface area contributed by atoms with E-state index in [0.717, 1.165) is 66.4 Å². The molecule has 6 heteroatoms. The van der Waals surface area contributed by atoms with Crippen molar-refractivity contribution in [3.63, 3.8) is 0 Å². The third kappa shape index (κ3) is 3.43. The van der Waals surface area contributed by atoms with Crippen molar-refractivity contribution < 1.29 is 9.47 Å². The SMILES string of the molecule is N#Cc1c(-n2c3ccccc3c3cccc(-n4c5ccccc5c5ccccc54)c32)cc2c3c1Oc1ccccc1B3c1ccccc1O2. The molecule has 0 N–H and O–H groups in total. The van der Waals surface area contributed by atoms with Crippen LogP contribution in [0.25, 0.3) is 55.0 Å². The molecule has 0 unspecified atom stereocenters. The van der Waals surface area contributed by atoms with Gasteiger partial charge in [-0.25, -0.2) is 0 Å². The van der Waals surface area contributed by atoms with E-state index < -0.39 is 0 Å². The van der Waals surface area contributed by atoms with Gasteiger partial charge in [0.2, 0.25) is 0 Å². The third-order valence-corrected chi connectivity index (χ3v) is 10.3. The van der Waals surface area contributed by atoms with Crippen LogP contribution in [0.1, 0.15) is 5.56 Å². The molecule has 0 amide bonds. The standard InChI is InChI=1S/C43H24BN3O2/c45-25-30-37(24-40-41-43(30)49-39-23-10-5-17-32(39)44(41)31-16-4-9-22-38(31)48-40)47-35-20-8-3-14-28(35)29-15-11-21-36(42(29)47)46-33-18-6-1-12-26(33)27-13-2-7-19-34(27)46/h1-24H. The molecule has 49 heavy (non-hydrogen) atoms. The van der Waals surface area contributed by atoms with Crippen molar-refractivity contribution in [2.24, 2.45) is 0 Å². The Morgan fingerprint density at radius 2 is 1.02 bits per heavy atom. The van der Waals surface area contributed by atoms with Gasteiger partial charge in [0.15, 0.2) is 0 Å². The second-order valence-corrected chi connectivity index (χ2v) is 12.7. The second kappa shape index (κ2) is 9.66. The lowest BCUT2D eigenvalue weighted by Crippen LogP contribution is -2.57. The van der Waals surface area contributed by atoms with Gasteiger partial charge in [-0.05, 0) is 47.3 Å². The van der Waals surface area contributed by atoms with Crippen molar-refractivity contribution >= 4 is 66.7 Å². The van der Waals surface area contributed by atoms with Gasteiger partial charge >= 0.3 is 0 Å². The highest BCUT2D eigenvalue weighted by Gasteiger charge is 2.42. The maximum Gasteiger partial charge on any atom is 0.260 e. The molecule has 9 aromatic rings. The smallest absolute Gasteiger partial charge is 0.260 e. The van der Waals surface area contributed by atoms with E-state index in [4.69, 9.17) is 9.47 Å². The summed E-state index contributed by atoms with van der Waals surface area (Å²) in [7, 11) is 0. The van der Waals surface area contributed by atoms with Crippen LogP contribution in [0.15, 0.2) is 146 Å². The van der Waals surface area contributed by atoms with Gasteiger partial charge in [-0.2, -0.15) is 5.26 Å². The number of nitrogens with zero attached hydrogens (tertiary/aromatic N) is 3. The first-order valence-electron chi connectivity index (χ1n) is 16.5. The molecule has 0 saturated heterocycles. The van der Waals surface area contributed by atoms with Crippen molar-refractivity contribution in [3.8, 4) is 40.4 Å². The molecule has 0 atom stereocenters. The molecule has 7 aromatic carbocycles. The number of para-hydroxylation sites is 6. The second-order valence-electron chi connectivity index (χ2n) is 12.7. The molecule has 0 bridgehead atoms. The van der Waals surface area contributed by atoms with E-state index in [-0.39, 0.29) is 6.71 Å². The molecule has 0 radical (unpaired) electrons. The van der Waals surface area contributed by atoms with E-state index in [1.807, 2.05) is 42.5 Å². The topological polar surface area (TPSA) is 52.1 Å². The highest BCUT2D eigenvalue weighted by molar-refractivity contribution is 6.98. The van der Waals surface area contributed by atoms with Crippen LogP contribution in [0.4, 0.5) is 0 Å². The summed E-state index contributed by atoms with van der Waals surface area (Å²) in [5, 5.41) is 15.7. The van der Waals surface area contributed by atoms with E-state index in [1.165, 1.54) is 10.8 Å². The maximum atomic E-state index is 11.1. The van der Waals surface area contributed by atoms with Crippen molar-refractivity contribution in [3.05, 3.63) is 151 Å². The summed E-state index contributed by atoms with van der Waals surface area (Å²) in [4.78, 5) is 0. The van der Waals surface area contributed by atoms with E-state index in [1.54, 1.807) is 0 Å². The Labute approximate surface area is 281 Å². The van der Waals surface area contributed by atoms with Gasteiger partial charge in [0.1, 0.15) is 34.6 Å². The summed E-state index contributed by atoms with van der Waals surface area (Å²) < 4.78 is 18.0. The van der Waals surface area contributed by atoms with Gasteiger partial charge in [0.05, 0.1) is 33.4 Å². The Kier molecular flexibility index (Phi) is 5.20. The zero-order chi connectivity index (χ0) is 32.2. The predicted molar refractivity (Wildman–Crippen MR) is 198 cm³/mol. The van der Waals surface area contributed by atoms with Crippen LogP contribution in [0.2, 0.25) is 0 Å². The molecule has 11 rings (SSSR count). The Morgan fingerprint density at radius 3 is 1.67 bits per heavy atom. The molecule has 226 valence electrons. The number of hydrogen-bond donors (Lipinski definition) is 0. The maximum absolute atomic E-state index is 11.1. The van der Waals surface area contributed by atoms with Crippen LogP contribution in [-0.2, 0) is 0 Å².